The van der Waals surface area contributed by atoms with Crippen molar-refractivity contribution in [3.63, 3.8) is 0 Å². The van der Waals surface area contributed by atoms with Crippen LogP contribution in [0.1, 0.15) is 70.6 Å². The van der Waals surface area contributed by atoms with Crippen LogP contribution < -0.4 is 0 Å². The molecular weight excluding hydrogens is 368 g/mol. The second-order valence-electron chi connectivity index (χ2n) is 8.58. The largest absolute Gasteiger partial charge is 0.366 e. The van der Waals surface area contributed by atoms with Crippen molar-refractivity contribution in [3.05, 3.63) is 28.1 Å². The highest BCUT2D eigenvalue weighted by Crippen LogP contribution is 2.36. The zero-order valence-electron chi connectivity index (χ0n) is 17.6. The maximum atomic E-state index is 13.3. The van der Waals surface area contributed by atoms with Gasteiger partial charge >= 0.3 is 0 Å². The Morgan fingerprint density at radius 2 is 1.68 bits per heavy atom. The van der Waals surface area contributed by atoms with Gasteiger partial charge in [0.25, 0.3) is 11.8 Å². The fourth-order valence-corrected chi connectivity index (χ4v) is 5.36. The summed E-state index contributed by atoms with van der Waals surface area (Å²) >= 11 is 1.55. The first-order valence-corrected chi connectivity index (χ1v) is 11.8. The lowest BCUT2D eigenvalue weighted by Crippen LogP contribution is -2.42. The Labute approximate surface area is 173 Å². The molecule has 0 N–H and O–H groups in total. The van der Waals surface area contributed by atoms with Gasteiger partial charge < -0.3 is 4.90 Å². The van der Waals surface area contributed by atoms with Crippen molar-refractivity contribution < 1.29 is 9.59 Å². The molecule has 0 radical (unpaired) electrons. The molecule has 1 saturated heterocycles. The summed E-state index contributed by atoms with van der Waals surface area (Å²) in [4.78, 5) is 31.2. The van der Waals surface area contributed by atoms with Gasteiger partial charge in [-0.15, -0.1) is 11.3 Å². The van der Waals surface area contributed by atoms with Crippen LogP contribution >= 0.6 is 11.3 Å². The minimum absolute atomic E-state index is 0.0803. The summed E-state index contributed by atoms with van der Waals surface area (Å²) in [5.74, 6) is 0.901. The van der Waals surface area contributed by atoms with Crippen LogP contribution in [0, 0.1) is 11.8 Å². The van der Waals surface area contributed by atoms with E-state index in [0.717, 1.165) is 30.8 Å². The molecule has 5 heteroatoms. The maximum Gasteiger partial charge on any atom is 0.277 e. The van der Waals surface area contributed by atoms with Crippen LogP contribution in [0.25, 0.3) is 5.57 Å². The third-order valence-electron chi connectivity index (χ3n) is 5.83. The number of likely N-dealkylation sites (tertiary alicyclic amines) is 1. The summed E-state index contributed by atoms with van der Waals surface area (Å²) in [5, 5.41) is 1.98. The number of carbonyl (C=O) groups is 2. The summed E-state index contributed by atoms with van der Waals surface area (Å²) in [6, 6.07) is 3.93. The zero-order valence-corrected chi connectivity index (χ0v) is 18.4. The smallest absolute Gasteiger partial charge is 0.277 e. The van der Waals surface area contributed by atoms with E-state index in [0.29, 0.717) is 29.7 Å². The van der Waals surface area contributed by atoms with Gasteiger partial charge in [0.15, 0.2) is 0 Å². The van der Waals surface area contributed by atoms with E-state index in [1.165, 1.54) is 37.0 Å². The number of amides is 2. The Balaban J connectivity index is 1.76. The first kappa shape index (κ1) is 21.1. The Morgan fingerprint density at radius 3 is 2.32 bits per heavy atom. The standard InChI is InChI=1S/C23H34N2O2S/c1-4-5-6-7-8-9-12-25-22(26)20(19-11-10-13-28-19)21(23(25)27)24-15-17(2)14-18(3)16-24/h10-11,13,17-18H,4-9,12,14-16H2,1-3H3. The van der Waals surface area contributed by atoms with Crippen LogP contribution in [-0.2, 0) is 9.59 Å². The quantitative estimate of drug-likeness (QED) is 0.423. The summed E-state index contributed by atoms with van der Waals surface area (Å²) in [5.41, 5.74) is 1.28. The van der Waals surface area contributed by atoms with Crippen LogP contribution in [0.3, 0.4) is 0 Å². The zero-order chi connectivity index (χ0) is 20.1. The average Bonchev–Trinajstić information content (AvgIpc) is 3.25. The van der Waals surface area contributed by atoms with Gasteiger partial charge in [-0.1, -0.05) is 58.9 Å². The third kappa shape index (κ3) is 4.68. The second-order valence-corrected chi connectivity index (χ2v) is 9.53. The van der Waals surface area contributed by atoms with Crippen LogP contribution in [0.15, 0.2) is 23.2 Å². The lowest BCUT2D eigenvalue weighted by Gasteiger charge is -2.37. The minimum Gasteiger partial charge on any atom is -0.366 e. The molecule has 2 aliphatic rings. The number of hydrogen-bond donors (Lipinski definition) is 0. The molecule has 0 aliphatic carbocycles. The lowest BCUT2D eigenvalue weighted by atomic mass is 9.91. The molecule has 1 aromatic heterocycles. The van der Waals surface area contributed by atoms with Crippen LogP contribution in [-0.4, -0.2) is 41.2 Å². The van der Waals surface area contributed by atoms with E-state index in [2.05, 4.69) is 25.7 Å². The second kappa shape index (κ2) is 9.73. The molecule has 0 bridgehead atoms. The molecule has 4 nitrogen and oxygen atoms in total. The van der Waals surface area contributed by atoms with Crippen molar-refractivity contribution in [1.29, 1.82) is 0 Å². The van der Waals surface area contributed by atoms with Crippen molar-refractivity contribution in [2.24, 2.45) is 11.8 Å². The van der Waals surface area contributed by atoms with Crippen LogP contribution in [0.5, 0.6) is 0 Å². The number of hydrogen-bond acceptors (Lipinski definition) is 4. The van der Waals surface area contributed by atoms with E-state index in [-0.39, 0.29) is 11.8 Å². The van der Waals surface area contributed by atoms with Crippen molar-refractivity contribution in [2.45, 2.75) is 65.7 Å². The van der Waals surface area contributed by atoms with Crippen LogP contribution in [0.4, 0.5) is 0 Å². The van der Waals surface area contributed by atoms with Gasteiger partial charge in [-0.05, 0) is 36.1 Å². The fourth-order valence-electron chi connectivity index (χ4n) is 4.60. The summed E-state index contributed by atoms with van der Waals surface area (Å²) < 4.78 is 0. The van der Waals surface area contributed by atoms with Crippen molar-refractivity contribution in [1.82, 2.24) is 9.80 Å². The Bertz CT molecular complexity index is 700. The summed E-state index contributed by atoms with van der Waals surface area (Å²) in [7, 11) is 0. The number of piperidine rings is 1. The van der Waals surface area contributed by atoms with E-state index >= 15 is 0 Å². The monoisotopic (exact) mass is 402 g/mol. The molecule has 0 spiro atoms. The number of imide groups is 1. The van der Waals surface area contributed by atoms with E-state index < -0.39 is 0 Å². The molecule has 3 rings (SSSR count). The molecule has 0 saturated carbocycles. The molecule has 2 amide bonds. The summed E-state index contributed by atoms with van der Waals surface area (Å²) in [6.07, 6.45) is 8.09. The van der Waals surface area contributed by atoms with Gasteiger partial charge in [-0.25, -0.2) is 0 Å². The predicted molar refractivity (Wildman–Crippen MR) is 116 cm³/mol. The molecule has 28 heavy (non-hydrogen) atoms. The molecule has 154 valence electrons. The Kier molecular flexibility index (Phi) is 7.33. The topological polar surface area (TPSA) is 40.6 Å². The first-order valence-electron chi connectivity index (χ1n) is 10.9. The SMILES string of the molecule is CCCCCCCCN1C(=O)C(c2cccs2)=C(N2CC(C)CC(C)C2)C1=O. The van der Waals surface area contributed by atoms with Crippen molar-refractivity contribution in [3.8, 4) is 0 Å². The van der Waals surface area contributed by atoms with Gasteiger partial charge in [0.1, 0.15) is 5.70 Å². The van der Waals surface area contributed by atoms with E-state index in [9.17, 15) is 9.59 Å². The van der Waals surface area contributed by atoms with Gasteiger partial charge in [0.2, 0.25) is 0 Å². The van der Waals surface area contributed by atoms with E-state index in [1.54, 1.807) is 11.3 Å². The number of nitrogens with zero attached hydrogens (tertiary/aromatic N) is 2. The number of rotatable bonds is 9. The molecule has 1 aromatic rings. The highest BCUT2D eigenvalue weighted by atomic mass is 32.1. The molecule has 0 aromatic carbocycles. The Hall–Kier alpha value is -1.62. The van der Waals surface area contributed by atoms with Crippen LogP contribution in [0.2, 0.25) is 0 Å². The number of carbonyl (C=O) groups excluding carboxylic acids is 2. The van der Waals surface area contributed by atoms with Gasteiger partial charge in [-0.2, -0.15) is 0 Å². The van der Waals surface area contributed by atoms with Gasteiger partial charge in [0.05, 0.1) is 5.57 Å². The van der Waals surface area contributed by atoms with Crippen molar-refractivity contribution >= 4 is 28.7 Å². The fraction of sp³-hybridized carbons (Fsp3) is 0.652. The average molecular weight is 403 g/mol. The minimum atomic E-state index is -0.0955. The van der Waals surface area contributed by atoms with Gasteiger partial charge in [0, 0.05) is 24.5 Å². The third-order valence-corrected chi connectivity index (χ3v) is 6.72. The number of thiophene rings is 1. The summed E-state index contributed by atoms with van der Waals surface area (Å²) in [6.45, 7) is 8.95. The maximum absolute atomic E-state index is 13.3. The molecular formula is C23H34N2O2S. The number of unbranched alkanes of at least 4 members (excludes halogenated alkanes) is 5. The highest BCUT2D eigenvalue weighted by Gasteiger charge is 2.42. The van der Waals surface area contributed by atoms with E-state index in [1.807, 2.05) is 17.5 Å². The van der Waals surface area contributed by atoms with E-state index in [4.69, 9.17) is 0 Å². The normalized spacial score (nSPS) is 23.2. The lowest BCUT2D eigenvalue weighted by molar-refractivity contribution is -0.137. The van der Waals surface area contributed by atoms with Crippen molar-refractivity contribution in [2.75, 3.05) is 19.6 Å². The Morgan fingerprint density at radius 1 is 1.00 bits per heavy atom. The highest BCUT2D eigenvalue weighted by molar-refractivity contribution is 7.11. The molecule has 3 heterocycles. The molecule has 1 fully saturated rings. The molecule has 2 aliphatic heterocycles. The van der Waals surface area contributed by atoms with Gasteiger partial charge in [-0.3, -0.25) is 14.5 Å². The molecule has 2 unspecified atom stereocenters. The molecule has 2 atom stereocenters. The first-order chi connectivity index (χ1) is 13.5. The predicted octanol–water partition coefficient (Wildman–Crippen LogP) is 5.17.